The molecule has 2 atom stereocenters. The highest BCUT2D eigenvalue weighted by Crippen LogP contribution is 2.36. The molecule has 0 amide bonds. The Morgan fingerprint density at radius 2 is 1.95 bits per heavy atom. The maximum Gasteiger partial charge on any atom is 0.202 e. The molecule has 2 aromatic carbocycles. The van der Waals surface area contributed by atoms with E-state index in [1.165, 1.54) is 6.07 Å². The lowest BCUT2D eigenvalue weighted by molar-refractivity contribution is -0.0334. The number of piperidine rings is 1. The lowest BCUT2D eigenvalue weighted by Crippen LogP contribution is -2.55. The van der Waals surface area contributed by atoms with Gasteiger partial charge < -0.3 is 19.9 Å². The third kappa shape index (κ3) is 4.40. The van der Waals surface area contributed by atoms with Crippen LogP contribution in [-0.2, 0) is 13.1 Å². The van der Waals surface area contributed by atoms with Gasteiger partial charge in [-0.1, -0.05) is 30.3 Å². The zero-order chi connectivity index (χ0) is 25.5. The predicted octanol–water partition coefficient (Wildman–Crippen LogP) is 4.15. The minimum atomic E-state index is -1.09. The van der Waals surface area contributed by atoms with E-state index < -0.39 is 17.9 Å². The second-order valence-corrected chi connectivity index (χ2v) is 9.64. The monoisotopic (exact) mass is 503 g/mol. The molecular formula is C28H27F2N5O2. The maximum atomic E-state index is 15.0. The molecule has 9 heteroatoms. The topological polar surface area (TPSA) is 76.6 Å². The van der Waals surface area contributed by atoms with Crippen LogP contribution in [0.2, 0.25) is 0 Å². The van der Waals surface area contributed by atoms with E-state index >= 15 is 4.39 Å². The standard InChI is InChI=1S/C28H27F2N5O2/c29-22-13-21-23(36)10-12-34-17-25(37-28(26(22)30)27(21)34)35(15-18-5-2-1-3-6-18)20-7-4-11-33(16-20)19-8-9-24(31)32-14-19/h1-3,5-6,8-10,12-14,20,25H,4,7,11,15-17H2,(H2,31,32). The quantitative estimate of drug-likeness (QED) is 0.441. The van der Waals surface area contributed by atoms with Crippen molar-refractivity contribution < 1.29 is 13.5 Å². The van der Waals surface area contributed by atoms with Crippen molar-refractivity contribution in [3.8, 4) is 5.75 Å². The molecule has 4 aromatic rings. The molecule has 2 unspecified atom stereocenters. The summed E-state index contributed by atoms with van der Waals surface area (Å²) in [6.07, 6.45) is 4.72. The van der Waals surface area contributed by atoms with Crippen LogP contribution in [-0.4, -0.2) is 39.8 Å². The van der Waals surface area contributed by atoms with Crippen LogP contribution in [0.3, 0.4) is 0 Å². The van der Waals surface area contributed by atoms with Crippen LogP contribution < -0.4 is 20.8 Å². The molecule has 2 aromatic heterocycles. The lowest BCUT2D eigenvalue weighted by Gasteiger charge is -2.44. The maximum absolute atomic E-state index is 15.0. The molecule has 1 saturated heterocycles. The highest BCUT2D eigenvalue weighted by atomic mass is 19.2. The number of aromatic nitrogens is 2. The Morgan fingerprint density at radius 3 is 2.73 bits per heavy atom. The number of nitrogens with two attached hydrogens (primary N) is 1. The van der Waals surface area contributed by atoms with Gasteiger partial charge in [0.05, 0.1) is 29.3 Å². The zero-order valence-electron chi connectivity index (χ0n) is 20.2. The van der Waals surface area contributed by atoms with Crippen molar-refractivity contribution >= 4 is 22.4 Å². The Kier molecular flexibility index (Phi) is 6.00. The predicted molar refractivity (Wildman–Crippen MR) is 138 cm³/mol. The fraction of sp³-hybridized carbons (Fsp3) is 0.286. The smallest absolute Gasteiger partial charge is 0.202 e. The minimum Gasteiger partial charge on any atom is -0.468 e. The van der Waals surface area contributed by atoms with Crippen molar-refractivity contribution in [2.45, 2.75) is 38.2 Å². The Bertz CT molecular complexity index is 1490. The average molecular weight is 504 g/mol. The minimum absolute atomic E-state index is 0.0737. The summed E-state index contributed by atoms with van der Waals surface area (Å²) in [4.78, 5) is 21.1. The zero-order valence-corrected chi connectivity index (χ0v) is 20.2. The van der Waals surface area contributed by atoms with Crippen LogP contribution >= 0.6 is 0 Å². The van der Waals surface area contributed by atoms with E-state index in [0.29, 0.717) is 24.4 Å². The second kappa shape index (κ2) is 9.48. The first-order valence-corrected chi connectivity index (χ1v) is 12.4. The van der Waals surface area contributed by atoms with Gasteiger partial charge in [-0.3, -0.25) is 9.69 Å². The molecule has 6 rings (SSSR count). The number of hydrogen-bond donors (Lipinski definition) is 1. The number of hydrogen-bond acceptors (Lipinski definition) is 6. The Hall–Kier alpha value is -3.98. The van der Waals surface area contributed by atoms with Crippen LogP contribution in [0.25, 0.3) is 10.9 Å². The Morgan fingerprint density at radius 1 is 1.11 bits per heavy atom. The summed E-state index contributed by atoms with van der Waals surface area (Å²) >= 11 is 0. The summed E-state index contributed by atoms with van der Waals surface area (Å²) in [5.74, 6) is -1.90. The summed E-state index contributed by atoms with van der Waals surface area (Å²) in [5, 5.41) is 0.115. The summed E-state index contributed by atoms with van der Waals surface area (Å²) in [5.41, 5.74) is 7.79. The number of rotatable bonds is 5. The molecule has 190 valence electrons. The first kappa shape index (κ1) is 23.4. The number of nitrogens with zero attached hydrogens (tertiary/aromatic N) is 4. The van der Waals surface area contributed by atoms with Crippen molar-refractivity contribution in [1.29, 1.82) is 0 Å². The van der Waals surface area contributed by atoms with Crippen molar-refractivity contribution in [3.63, 3.8) is 0 Å². The van der Waals surface area contributed by atoms with E-state index in [2.05, 4.69) is 14.8 Å². The molecule has 0 saturated carbocycles. The molecule has 0 aliphatic carbocycles. The SMILES string of the molecule is Nc1ccc(N2CCCC(N(Cc3ccccc3)C3Cn4ccc(=O)c5cc(F)c(F)c(c54)O3)C2)cn1. The number of benzene rings is 2. The number of anilines is 2. The highest BCUT2D eigenvalue weighted by Gasteiger charge is 2.36. The normalized spacial score (nSPS) is 19.3. The molecule has 0 spiro atoms. The van der Waals surface area contributed by atoms with Gasteiger partial charge >= 0.3 is 0 Å². The molecule has 4 heterocycles. The first-order chi connectivity index (χ1) is 18.0. The highest BCUT2D eigenvalue weighted by molar-refractivity contribution is 5.85. The Balaban J connectivity index is 1.37. The van der Waals surface area contributed by atoms with Crippen LogP contribution in [0.4, 0.5) is 20.3 Å². The van der Waals surface area contributed by atoms with Crippen LogP contribution in [0.1, 0.15) is 18.4 Å². The van der Waals surface area contributed by atoms with E-state index in [1.807, 2.05) is 36.4 Å². The summed E-state index contributed by atoms with van der Waals surface area (Å²) in [6, 6.07) is 16.2. The van der Waals surface area contributed by atoms with Crippen molar-refractivity contribution in [1.82, 2.24) is 14.5 Å². The molecule has 1 fully saturated rings. The van der Waals surface area contributed by atoms with Crippen molar-refractivity contribution in [2.24, 2.45) is 0 Å². The molecular weight excluding hydrogens is 476 g/mol. The molecule has 7 nitrogen and oxygen atoms in total. The van der Waals surface area contributed by atoms with Gasteiger partial charge in [0.1, 0.15) is 5.82 Å². The fourth-order valence-electron chi connectivity index (χ4n) is 5.47. The van der Waals surface area contributed by atoms with Gasteiger partial charge in [-0.2, -0.15) is 4.39 Å². The van der Waals surface area contributed by atoms with E-state index in [4.69, 9.17) is 10.5 Å². The molecule has 2 N–H and O–H groups in total. The van der Waals surface area contributed by atoms with Gasteiger partial charge in [0.15, 0.2) is 23.2 Å². The van der Waals surface area contributed by atoms with Gasteiger partial charge in [0.2, 0.25) is 5.82 Å². The van der Waals surface area contributed by atoms with Crippen LogP contribution in [0.5, 0.6) is 5.75 Å². The Labute approximate surface area is 212 Å². The number of halogens is 2. The number of nitrogen functional groups attached to an aromatic ring is 1. The largest absolute Gasteiger partial charge is 0.468 e. The number of pyridine rings is 2. The first-order valence-electron chi connectivity index (χ1n) is 12.4. The summed E-state index contributed by atoms with van der Waals surface area (Å²) in [7, 11) is 0. The van der Waals surface area contributed by atoms with Gasteiger partial charge in [0, 0.05) is 37.9 Å². The van der Waals surface area contributed by atoms with Crippen LogP contribution in [0.15, 0.2) is 71.8 Å². The molecule has 0 bridgehead atoms. The summed E-state index contributed by atoms with van der Waals surface area (Å²) in [6.45, 7) is 2.55. The summed E-state index contributed by atoms with van der Waals surface area (Å²) < 4.78 is 37.5. The molecule has 37 heavy (non-hydrogen) atoms. The van der Waals surface area contributed by atoms with Crippen LogP contribution in [0, 0.1) is 11.6 Å². The third-order valence-electron chi connectivity index (χ3n) is 7.29. The van der Waals surface area contributed by atoms with E-state index in [-0.39, 0.29) is 22.6 Å². The van der Waals surface area contributed by atoms with Crippen molar-refractivity contribution in [3.05, 3.63) is 94.4 Å². The van der Waals surface area contributed by atoms with E-state index in [1.54, 1.807) is 23.0 Å². The third-order valence-corrected chi connectivity index (χ3v) is 7.29. The number of ether oxygens (including phenoxy) is 1. The van der Waals surface area contributed by atoms with E-state index in [9.17, 15) is 9.18 Å². The van der Waals surface area contributed by atoms with Crippen molar-refractivity contribution in [2.75, 3.05) is 23.7 Å². The molecule has 2 aliphatic rings. The van der Waals surface area contributed by atoms with Gasteiger partial charge in [0.25, 0.3) is 0 Å². The van der Waals surface area contributed by atoms with Gasteiger partial charge in [-0.15, -0.1) is 0 Å². The average Bonchev–Trinajstić information content (AvgIpc) is 2.92. The molecule has 0 radical (unpaired) electrons. The second-order valence-electron chi connectivity index (χ2n) is 9.64. The molecule has 2 aliphatic heterocycles. The van der Waals surface area contributed by atoms with Gasteiger partial charge in [-0.05, 0) is 36.6 Å². The van der Waals surface area contributed by atoms with E-state index in [0.717, 1.165) is 43.2 Å². The fourth-order valence-corrected chi connectivity index (χ4v) is 5.47. The van der Waals surface area contributed by atoms with Gasteiger partial charge in [-0.25, -0.2) is 9.37 Å². The lowest BCUT2D eigenvalue weighted by atomic mass is 10.0.